The van der Waals surface area contributed by atoms with E-state index >= 15 is 0 Å². The van der Waals surface area contributed by atoms with Crippen LogP contribution in [0.1, 0.15) is 56.6 Å². The fourth-order valence-corrected chi connectivity index (χ4v) is 4.29. The number of rotatable bonds is 10. The molecule has 2 atom stereocenters. The minimum Gasteiger partial charge on any atom is -0.476 e. The smallest absolute Gasteiger partial charge is 0.356 e. The van der Waals surface area contributed by atoms with Crippen molar-refractivity contribution in [2.24, 2.45) is 13.0 Å². The highest BCUT2D eigenvalue weighted by Crippen LogP contribution is 2.34. The van der Waals surface area contributed by atoms with Gasteiger partial charge in [0.25, 0.3) is 0 Å². The third-order valence-electron chi connectivity index (χ3n) is 5.16. The van der Waals surface area contributed by atoms with Gasteiger partial charge < -0.3 is 15.2 Å². The van der Waals surface area contributed by atoms with Gasteiger partial charge in [0.15, 0.2) is 5.69 Å². The van der Waals surface area contributed by atoms with Crippen molar-refractivity contribution in [3.63, 3.8) is 0 Å². The number of sulfonamides is 1. The summed E-state index contributed by atoms with van der Waals surface area (Å²) in [6.45, 7) is 8.77. The van der Waals surface area contributed by atoms with E-state index < -0.39 is 16.0 Å². The highest BCUT2D eigenvalue weighted by Gasteiger charge is 2.26. The molecule has 0 saturated heterocycles. The standard InChI is InChI=1S/C21H30N4O6S/c1-7-12(3)19(26)22-15-9-10-16(17(11-15)32(29,30)24-13(4)8-2)31-20-14(5)18(21(27)28)23-25(20)6/h9-13,24H,7-8H2,1-6H3,(H,22,26)(H,27,28)/t12-,13-/m1/s1. The lowest BCUT2D eigenvalue weighted by Crippen LogP contribution is -2.32. The number of carbonyl (C=O) groups excluding carboxylic acids is 1. The number of amides is 1. The van der Waals surface area contributed by atoms with Gasteiger partial charge in [-0.15, -0.1) is 0 Å². The van der Waals surface area contributed by atoms with Crippen LogP contribution in [0, 0.1) is 12.8 Å². The van der Waals surface area contributed by atoms with Gasteiger partial charge >= 0.3 is 5.97 Å². The van der Waals surface area contributed by atoms with E-state index in [1.807, 2.05) is 13.8 Å². The van der Waals surface area contributed by atoms with Crippen molar-refractivity contribution in [1.82, 2.24) is 14.5 Å². The number of aromatic carboxylic acids is 1. The van der Waals surface area contributed by atoms with E-state index in [2.05, 4.69) is 15.1 Å². The lowest BCUT2D eigenvalue weighted by atomic mass is 10.1. The minimum atomic E-state index is -4.01. The molecule has 11 heteroatoms. The van der Waals surface area contributed by atoms with Crippen molar-refractivity contribution in [2.45, 2.75) is 58.4 Å². The van der Waals surface area contributed by atoms with Gasteiger partial charge in [0.05, 0.1) is 0 Å². The van der Waals surface area contributed by atoms with Crippen LogP contribution < -0.4 is 14.8 Å². The van der Waals surface area contributed by atoms with Crippen LogP contribution in [0.4, 0.5) is 5.69 Å². The molecule has 0 aliphatic carbocycles. The molecule has 1 aromatic heterocycles. The maximum Gasteiger partial charge on any atom is 0.356 e. The molecule has 0 aliphatic heterocycles. The van der Waals surface area contributed by atoms with Gasteiger partial charge in [-0.05, 0) is 44.9 Å². The molecule has 0 radical (unpaired) electrons. The van der Waals surface area contributed by atoms with Crippen LogP contribution in [0.3, 0.4) is 0 Å². The Labute approximate surface area is 188 Å². The van der Waals surface area contributed by atoms with Gasteiger partial charge in [-0.25, -0.2) is 22.6 Å². The third-order valence-corrected chi connectivity index (χ3v) is 6.77. The molecule has 10 nitrogen and oxygen atoms in total. The molecular formula is C21H30N4O6S. The van der Waals surface area contributed by atoms with Gasteiger partial charge in [-0.2, -0.15) is 5.10 Å². The molecule has 0 unspecified atom stereocenters. The van der Waals surface area contributed by atoms with Crippen LogP contribution in [0.15, 0.2) is 23.1 Å². The second-order valence-electron chi connectivity index (χ2n) is 7.70. The first-order valence-electron chi connectivity index (χ1n) is 10.3. The molecule has 1 amide bonds. The number of aromatic nitrogens is 2. The summed E-state index contributed by atoms with van der Waals surface area (Å²) in [6, 6.07) is 3.94. The summed E-state index contributed by atoms with van der Waals surface area (Å²) < 4.78 is 35.9. The van der Waals surface area contributed by atoms with Crippen LogP contribution in [0.25, 0.3) is 0 Å². The Hall–Kier alpha value is -2.92. The Balaban J connectivity index is 2.55. The van der Waals surface area contributed by atoms with Gasteiger partial charge in [-0.1, -0.05) is 20.8 Å². The number of benzene rings is 1. The van der Waals surface area contributed by atoms with Crippen molar-refractivity contribution in [3.8, 4) is 11.6 Å². The summed E-state index contributed by atoms with van der Waals surface area (Å²) in [7, 11) is -2.51. The molecule has 0 bridgehead atoms. The second kappa shape index (κ2) is 10.1. The molecule has 32 heavy (non-hydrogen) atoms. The molecule has 3 N–H and O–H groups in total. The molecule has 176 valence electrons. The Morgan fingerprint density at radius 2 is 1.88 bits per heavy atom. The molecule has 2 rings (SSSR count). The molecule has 0 spiro atoms. The zero-order valence-corrected chi connectivity index (χ0v) is 19.9. The SMILES string of the molecule is CC[C@@H](C)NS(=O)(=O)c1cc(NC(=O)[C@H](C)CC)ccc1Oc1c(C)c(C(=O)O)nn1C. The fraction of sp³-hybridized carbons (Fsp3) is 0.476. The third kappa shape index (κ3) is 5.65. The summed E-state index contributed by atoms with van der Waals surface area (Å²) in [5.41, 5.74) is 0.370. The van der Waals surface area contributed by atoms with Crippen LogP contribution in [-0.4, -0.2) is 41.2 Å². The molecule has 2 aromatic rings. The topological polar surface area (TPSA) is 140 Å². The number of nitrogens with one attached hydrogen (secondary N) is 2. The number of hydrogen-bond donors (Lipinski definition) is 3. The Bertz CT molecular complexity index is 1110. The zero-order chi connectivity index (χ0) is 24.2. The predicted octanol–water partition coefficient (Wildman–Crippen LogP) is 3.28. The van der Waals surface area contributed by atoms with Crippen molar-refractivity contribution < 1.29 is 27.9 Å². The maximum atomic E-state index is 13.1. The van der Waals surface area contributed by atoms with E-state index in [0.29, 0.717) is 18.5 Å². The number of aryl methyl sites for hydroxylation is 1. The average Bonchev–Trinajstić information content (AvgIpc) is 3.02. The van der Waals surface area contributed by atoms with Crippen molar-refractivity contribution in [3.05, 3.63) is 29.5 Å². The number of ether oxygens (including phenoxy) is 1. The number of carboxylic acid groups (broad SMARTS) is 1. The van der Waals surface area contributed by atoms with Gasteiger partial charge in [0.2, 0.25) is 21.8 Å². The highest BCUT2D eigenvalue weighted by atomic mass is 32.2. The molecular weight excluding hydrogens is 436 g/mol. The highest BCUT2D eigenvalue weighted by molar-refractivity contribution is 7.89. The van der Waals surface area contributed by atoms with Crippen LogP contribution >= 0.6 is 0 Å². The molecule has 1 heterocycles. The van der Waals surface area contributed by atoms with E-state index in [4.69, 9.17) is 4.74 Å². The van der Waals surface area contributed by atoms with E-state index in [9.17, 15) is 23.1 Å². The quantitative estimate of drug-likeness (QED) is 0.488. The van der Waals surface area contributed by atoms with Crippen molar-refractivity contribution in [2.75, 3.05) is 5.32 Å². The van der Waals surface area contributed by atoms with Crippen molar-refractivity contribution in [1.29, 1.82) is 0 Å². The van der Waals surface area contributed by atoms with Crippen LogP contribution in [0.5, 0.6) is 11.6 Å². The largest absolute Gasteiger partial charge is 0.476 e. The first-order chi connectivity index (χ1) is 14.9. The van der Waals surface area contributed by atoms with Gasteiger partial charge in [0.1, 0.15) is 10.6 Å². The number of nitrogens with zero attached hydrogens (tertiary/aromatic N) is 2. The second-order valence-corrected chi connectivity index (χ2v) is 9.38. The first-order valence-corrected chi connectivity index (χ1v) is 11.8. The molecule has 0 aliphatic rings. The van der Waals surface area contributed by atoms with Crippen LogP contribution in [-0.2, 0) is 21.9 Å². The number of hydrogen-bond acceptors (Lipinski definition) is 6. The maximum absolute atomic E-state index is 13.1. The Morgan fingerprint density at radius 3 is 2.41 bits per heavy atom. The molecule has 0 fully saturated rings. The number of carboxylic acids is 1. The zero-order valence-electron chi connectivity index (χ0n) is 19.1. The summed E-state index contributed by atoms with van der Waals surface area (Å²) in [4.78, 5) is 23.5. The first kappa shape index (κ1) is 25.3. The summed E-state index contributed by atoms with van der Waals surface area (Å²) in [6.07, 6.45) is 1.21. The Kier molecular flexibility index (Phi) is 8.02. The monoisotopic (exact) mass is 466 g/mol. The number of anilines is 1. The fourth-order valence-electron chi connectivity index (χ4n) is 2.81. The summed E-state index contributed by atoms with van der Waals surface area (Å²) in [5.74, 6) is -1.62. The molecule has 0 saturated carbocycles. The predicted molar refractivity (Wildman–Crippen MR) is 120 cm³/mol. The van der Waals surface area contributed by atoms with Gasteiger partial charge in [0, 0.05) is 30.3 Å². The van der Waals surface area contributed by atoms with E-state index in [-0.39, 0.29) is 45.6 Å². The molecule has 1 aromatic carbocycles. The lowest BCUT2D eigenvalue weighted by Gasteiger charge is -2.17. The van der Waals surface area contributed by atoms with E-state index in [1.54, 1.807) is 13.8 Å². The summed E-state index contributed by atoms with van der Waals surface area (Å²) in [5, 5.41) is 15.9. The summed E-state index contributed by atoms with van der Waals surface area (Å²) >= 11 is 0. The van der Waals surface area contributed by atoms with Crippen molar-refractivity contribution >= 4 is 27.6 Å². The average molecular weight is 467 g/mol. The normalized spacial score (nSPS) is 13.4. The van der Waals surface area contributed by atoms with E-state index in [1.165, 1.54) is 36.9 Å². The van der Waals surface area contributed by atoms with Gasteiger partial charge in [-0.3, -0.25) is 4.79 Å². The van der Waals surface area contributed by atoms with E-state index in [0.717, 1.165) is 0 Å². The van der Waals surface area contributed by atoms with Crippen LogP contribution in [0.2, 0.25) is 0 Å². The number of carbonyl (C=O) groups is 2. The minimum absolute atomic E-state index is 0.0228. The lowest BCUT2D eigenvalue weighted by molar-refractivity contribution is -0.119. The Morgan fingerprint density at radius 1 is 1.22 bits per heavy atom.